The molecule has 5 heteroatoms. The summed E-state index contributed by atoms with van der Waals surface area (Å²) >= 11 is 5.02. The van der Waals surface area contributed by atoms with Gasteiger partial charge in [-0.15, -0.1) is 0 Å². The third kappa shape index (κ3) is 4.14. The van der Waals surface area contributed by atoms with E-state index >= 15 is 0 Å². The number of hydrogen-bond donors (Lipinski definition) is 4. The Kier molecular flexibility index (Phi) is 5.18. The fourth-order valence-electron chi connectivity index (χ4n) is 1.07. The summed E-state index contributed by atoms with van der Waals surface area (Å²) < 4.78 is 0. The molecule has 88 valence electrons. The van der Waals surface area contributed by atoms with Crippen LogP contribution in [-0.2, 0) is 0 Å². The predicted molar refractivity (Wildman–Crippen MR) is 68.1 cm³/mol. The molecule has 0 bridgehead atoms. The molecule has 0 heterocycles. The molecule has 0 aromatic heterocycles. The van der Waals surface area contributed by atoms with Crippen molar-refractivity contribution in [1.82, 2.24) is 5.32 Å². The van der Waals surface area contributed by atoms with Crippen LogP contribution in [-0.4, -0.2) is 28.2 Å². The lowest BCUT2D eigenvalue weighted by atomic mass is 10.2. The molecule has 2 unspecified atom stereocenters. The minimum atomic E-state index is -0.853. The molecule has 0 aliphatic heterocycles. The minimum Gasteiger partial charge on any atom is -0.396 e. The van der Waals surface area contributed by atoms with Crippen LogP contribution in [0, 0.1) is 5.92 Å². The third-order valence-electron chi connectivity index (χ3n) is 2.14. The molecule has 0 aliphatic rings. The fraction of sp³-hybridized carbons (Fsp3) is 0.364. The van der Waals surface area contributed by atoms with Crippen molar-refractivity contribution in [1.29, 1.82) is 0 Å². The van der Waals surface area contributed by atoms with Gasteiger partial charge in [0.15, 0.2) is 5.11 Å². The van der Waals surface area contributed by atoms with E-state index in [9.17, 15) is 5.11 Å². The first-order chi connectivity index (χ1) is 7.63. The van der Waals surface area contributed by atoms with E-state index < -0.39 is 6.23 Å². The molecular formula is C11H16N2O2S. The average Bonchev–Trinajstić information content (AvgIpc) is 2.29. The second-order valence-electron chi connectivity index (χ2n) is 3.57. The largest absolute Gasteiger partial charge is 0.396 e. The Hall–Kier alpha value is -1.17. The number of aliphatic hydroxyl groups is 2. The Morgan fingerprint density at radius 2 is 2.00 bits per heavy atom. The summed E-state index contributed by atoms with van der Waals surface area (Å²) in [6.45, 7) is 1.63. The van der Waals surface area contributed by atoms with Gasteiger partial charge in [0.1, 0.15) is 6.23 Å². The second-order valence-corrected chi connectivity index (χ2v) is 3.98. The van der Waals surface area contributed by atoms with Crippen molar-refractivity contribution < 1.29 is 10.2 Å². The molecule has 0 saturated carbocycles. The zero-order valence-electron chi connectivity index (χ0n) is 9.05. The number of thiocarbonyl (C=S) groups is 1. The molecule has 0 amide bonds. The zero-order chi connectivity index (χ0) is 12.0. The Morgan fingerprint density at radius 1 is 1.38 bits per heavy atom. The Labute approximate surface area is 100 Å². The molecule has 0 radical (unpaired) electrons. The van der Waals surface area contributed by atoms with Gasteiger partial charge in [-0.05, 0) is 24.4 Å². The summed E-state index contributed by atoms with van der Waals surface area (Å²) in [5.41, 5.74) is 0.851. The van der Waals surface area contributed by atoms with Crippen LogP contribution in [0.2, 0.25) is 0 Å². The molecule has 0 spiro atoms. The lowest BCUT2D eigenvalue weighted by Gasteiger charge is -2.20. The summed E-state index contributed by atoms with van der Waals surface area (Å²) in [6, 6.07) is 9.42. The Bertz CT molecular complexity index is 332. The van der Waals surface area contributed by atoms with Gasteiger partial charge in [0.25, 0.3) is 0 Å². The first kappa shape index (κ1) is 12.9. The van der Waals surface area contributed by atoms with Crippen molar-refractivity contribution in [3.8, 4) is 0 Å². The van der Waals surface area contributed by atoms with E-state index in [0.717, 1.165) is 5.69 Å². The van der Waals surface area contributed by atoms with E-state index in [2.05, 4.69) is 10.6 Å². The van der Waals surface area contributed by atoms with Crippen molar-refractivity contribution >= 4 is 23.0 Å². The van der Waals surface area contributed by atoms with E-state index in [1.54, 1.807) is 6.92 Å². The van der Waals surface area contributed by atoms with Gasteiger partial charge < -0.3 is 20.8 Å². The normalized spacial score (nSPS) is 13.9. The first-order valence-corrected chi connectivity index (χ1v) is 5.46. The van der Waals surface area contributed by atoms with E-state index in [1.807, 2.05) is 30.3 Å². The van der Waals surface area contributed by atoms with Crippen LogP contribution in [0.25, 0.3) is 0 Å². The van der Waals surface area contributed by atoms with Crippen LogP contribution >= 0.6 is 12.2 Å². The summed E-state index contributed by atoms with van der Waals surface area (Å²) in [5.74, 6) is -0.268. The van der Waals surface area contributed by atoms with E-state index in [4.69, 9.17) is 17.3 Å². The zero-order valence-corrected chi connectivity index (χ0v) is 9.87. The van der Waals surface area contributed by atoms with Gasteiger partial charge >= 0.3 is 0 Å². The van der Waals surface area contributed by atoms with Gasteiger partial charge in [0.2, 0.25) is 0 Å². The molecule has 0 aliphatic carbocycles. The molecule has 0 saturated heterocycles. The quantitative estimate of drug-likeness (QED) is 0.465. The number of aliphatic hydroxyl groups excluding tert-OH is 2. The topological polar surface area (TPSA) is 64.5 Å². The SMILES string of the molecule is CC(CO)C(O)NC(=S)Nc1ccccc1. The molecular weight excluding hydrogens is 224 g/mol. The molecule has 1 aromatic carbocycles. The molecule has 0 fully saturated rings. The van der Waals surface area contributed by atoms with Crippen LogP contribution in [0.15, 0.2) is 30.3 Å². The summed E-state index contributed by atoms with van der Waals surface area (Å²) in [5, 5.41) is 24.4. The minimum absolute atomic E-state index is 0.0951. The van der Waals surface area contributed by atoms with Gasteiger partial charge in [0, 0.05) is 18.2 Å². The number of anilines is 1. The van der Waals surface area contributed by atoms with Crippen LogP contribution in [0.4, 0.5) is 5.69 Å². The fourth-order valence-corrected chi connectivity index (χ4v) is 1.30. The van der Waals surface area contributed by atoms with Crippen LogP contribution in [0.3, 0.4) is 0 Å². The number of hydrogen-bond acceptors (Lipinski definition) is 3. The lowest BCUT2D eigenvalue weighted by molar-refractivity contribution is 0.0668. The average molecular weight is 240 g/mol. The van der Waals surface area contributed by atoms with E-state index in [-0.39, 0.29) is 12.5 Å². The van der Waals surface area contributed by atoms with Crippen LogP contribution in [0.5, 0.6) is 0 Å². The number of benzene rings is 1. The van der Waals surface area contributed by atoms with Crippen LogP contribution in [0.1, 0.15) is 6.92 Å². The summed E-state index contributed by atoms with van der Waals surface area (Å²) in [4.78, 5) is 0. The number of nitrogens with one attached hydrogen (secondary N) is 2. The van der Waals surface area contributed by atoms with Gasteiger partial charge in [-0.1, -0.05) is 25.1 Å². The highest BCUT2D eigenvalue weighted by Crippen LogP contribution is 2.05. The van der Waals surface area contributed by atoms with E-state index in [1.165, 1.54) is 0 Å². The molecule has 1 aromatic rings. The van der Waals surface area contributed by atoms with Gasteiger partial charge in [-0.25, -0.2) is 0 Å². The molecule has 1 rings (SSSR count). The number of rotatable bonds is 4. The smallest absolute Gasteiger partial charge is 0.172 e. The van der Waals surface area contributed by atoms with Crippen molar-refractivity contribution in [2.24, 2.45) is 5.92 Å². The van der Waals surface area contributed by atoms with Gasteiger partial charge in [0.05, 0.1) is 0 Å². The van der Waals surface area contributed by atoms with E-state index in [0.29, 0.717) is 5.11 Å². The highest BCUT2D eigenvalue weighted by atomic mass is 32.1. The molecule has 4 N–H and O–H groups in total. The van der Waals surface area contributed by atoms with Crippen molar-refractivity contribution in [3.63, 3.8) is 0 Å². The monoisotopic (exact) mass is 240 g/mol. The summed E-state index contributed by atoms with van der Waals surface area (Å²) in [7, 11) is 0. The standard InChI is InChI=1S/C11H16N2O2S/c1-8(7-14)10(15)13-11(16)12-9-5-3-2-4-6-9/h2-6,8,10,14-15H,7H2,1H3,(H2,12,13,16). The maximum absolute atomic E-state index is 9.57. The predicted octanol–water partition coefficient (Wildman–Crippen LogP) is 0.920. The highest BCUT2D eigenvalue weighted by molar-refractivity contribution is 7.80. The first-order valence-electron chi connectivity index (χ1n) is 5.05. The second kappa shape index (κ2) is 6.42. The lowest BCUT2D eigenvalue weighted by Crippen LogP contribution is -2.42. The highest BCUT2D eigenvalue weighted by Gasteiger charge is 2.13. The number of para-hydroxylation sites is 1. The maximum Gasteiger partial charge on any atom is 0.172 e. The van der Waals surface area contributed by atoms with Crippen LogP contribution < -0.4 is 10.6 Å². The maximum atomic E-state index is 9.57. The molecule has 4 nitrogen and oxygen atoms in total. The Morgan fingerprint density at radius 3 is 2.56 bits per heavy atom. The van der Waals surface area contributed by atoms with Gasteiger partial charge in [-0.2, -0.15) is 0 Å². The van der Waals surface area contributed by atoms with Crippen molar-refractivity contribution in [2.45, 2.75) is 13.2 Å². The third-order valence-corrected chi connectivity index (χ3v) is 2.36. The van der Waals surface area contributed by atoms with Gasteiger partial charge in [-0.3, -0.25) is 0 Å². The van der Waals surface area contributed by atoms with Crippen molar-refractivity contribution in [3.05, 3.63) is 30.3 Å². The molecule has 16 heavy (non-hydrogen) atoms. The van der Waals surface area contributed by atoms with Crippen molar-refractivity contribution in [2.75, 3.05) is 11.9 Å². The molecule has 2 atom stereocenters. The summed E-state index contributed by atoms with van der Waals surface area (Å²) in [6.07, 6.45) is -0.853. The Balaban J connectivity index is 2.42.